The molecule has 1 saturated carbocycles. The van der Waals surface area contributed by atoms with Gasteiger partial charge in [-0.05, 0) is 43.2 Å². The normalized spacial score (nSPS) is 25.9. The van der Waals surface area contributed by atoms with Gasteiger partial charge in [0, 0.05) is 12.4 Å². The molecule has 1 aromatic heterocycles. The van der Waals surface area contributed by atoms with Crippen LogP contribution >= 0.6 is 0 Å². The minimum absolute atomic E-state index is 0.0235. The maximum absolute atomic E-state index is 9.94. The highest BCUT2D eigenvalue weighted by atomic mass is 16.7. The predicted octanol–water partition coefficient (Wildman–Crippen LogP) is 2.81. The third-order valence-electron chi connectivity index (χ3n) is 3.02. The van der Waals surface area contributed by atoms with Crippen molar-refractivity contribution in [2.75, 3.05) is 0 Å². The molecule has 0 radical (unpaired) electrons. The van der Waals surface area contributed by atoms with Crippen LogP contribution in [0.25, 0.3) is 0 Å². The molecule has 4 heteroatoms. The molecule has 0 spiro atoms. The van der Waals surface area contributed by atoms with E-state index in [2.05, 4.69) is 16.4 Å². The Morgan fingerprint density at radius 1 is 1.33 bits per heavy atom. The molecular formula is C11H14N2O2. The van der Waals surface area contributed by atoms with E-state index < -0.39 is 0 Å². The average molecular weight is 206 g/mol. The van der Waals surface area contributed by atoms with E-state index in [1.807, 2.05) is 12.3 Å². The van der Waals surface area contributed by atoms with E-state index in [0.29, 0.717) is 5.92 Å². The van der Waals surface area contributed by atoms with Crippen LogP contribution in [0.15, 0.2) is 29.9 Å². The Bertz CT molecular complexity index is 308. The van der Waals surface area contributed by atoms with Crippen molar-refractivity contribution in [2.24, 2.45) is 5.34 Å². The molecule has 1 aliphatic carbocycles. The van der Waals surface area contributed by atoms with Crippen molar-refractivity contribution in [2.45, 2.75) is 37.7 Å². The molecule has 4 nitrogen and oxygen atoms in total. The first-order chi connectivity index (χ1) is 7.40. The molecule has 2 rings (SSSR count). The van der Waals surface area contributed by atoms with Crippen molar-refractivity contribution in [1.29, 1.82) is 0 Å². The first-order valence-corrected chi connectivity index (χ1v) is 5.28. The zero-order chi connectivity index (χ0) is 10.5. The van der Waals surface area contributed by atoms with Gasteiger partial charge in [-0.2, -0.15) is 0 Å². The number of rotatable bonds is 3. The fourth-order valence-electron chi connectivity index (χ4n) is 2.18. The molecule has 1 heterocycles. The molecule has 0 unspecified atom stereocenters. The lowest BCUT2D eigenvalue weighted by molar-refractivity contribution is 0.0258. The van der Waals surface area contributed by atoms with Gasteiger partial charge in [-0.3, -0.25) is 4.98 Å². The molecule has 0 atom stereocenters. The Balaban J connectivity index is 1.91. The lowest BCUT2D eigenvalue weighted by Crippen LogP contribution is -2.18. The van der Waals surface area contributed by atoms with Gasteiger partial charge in [-0.25, -0.2) is 0 Å². The highest BCUT2D eigenvalue weighted by Gasteiger charge is 2.23. The lowest BCUT2D eigenvalue weighted by atomic mass is 9.83. The number of aromatic nitrogens is 1. The van der Waals surface area contributed by atoms with Crippen molar-refractivity contribution in [1.82, 2.24) is 4.98 Å². The lowest BCUT2D eigenvalue weighted by Gasteiger charge is -2.26. The van der Waals surface area contributed by atoms with Crippen LogP contribution in [-0.2, 0) is 4.84 Å². The summed E-state index contributed by atoms with van der Waals surface area (Å²) < 4.78 is 0. The largest absolute Gasteiger partial charge is 0.361 e. The summed E-state index contributed by atoms with van der Waals surface area (Å²) in [5.74, 6) is 0.560. The van der Waals surface area contributed by atoms with Crippen LogP contribution in [0.2, 0.25) is 0 Å². The summed E-state index contributed by atoms with van der Waals surface area (Å²) in [4.78, 5) is 18.8. The van der Waals surface area contributed by atoms with Crippen molar-refractivity contribution in [3.05, 3.63) is 35.0 Å². The molecule has 0 aromatic carbocycles. The molecule has 15 heavy (non-hydrogen) atoms. The highest BCUT2D eigenvalue weighted by molar-refractivity contribution is 5.15. The van der Waals surface area contributed by atoms with E-state index in [9.17, 15) is 4.91 Å². The zero-order valence-electron chi connectivity index (χ0n) is 8.50. The summed E-state index contributed by atoms with van der Waals surface area (Å²) in [6.45, 7) is 0. The second-order valence-corrected chi connectivity index (χ2v) is 3.94. The standard InChI is InChI=1S/C11H14N2O2/c14-13-15-11-5-3-9(4-6-11)10-2-1-7-12-8-10/h1-2,7-9,11H,3-6H2. The SMILES string of the molecule is O=NOC1CCC(c2cccnc2)CC1. The van der Waals surface area contributed by atoms with E-state index in [1.54, 1.807) is 6.20 Å². The molecule has 0 amide bonds. The second kappa shape index (κ2) is 4.87. The topological polar surface area (TPSA) is 51.5 Å². The van der Waals surface area contributed by atoms with E-state index in [1.165, 1.54) is 5.56 Å². The Hall–Kier alpha value is -1.45. The molecule has 1 fully saturated rings. The van der Waals surface area contributed by atoms with Gasteiger partial charge >= 0.3 is 0 Å². The quantitative estimate of drug-likeness (QED) is 0.564. The van der Waals surface area contributed by atoms with Crippen molar-refractivity contribution >= 4 is 0 Å². The average Bonchev–Trinajstić information content (AvgIpc) is 2.32. The van der Waals surface area contributed by atoms with E-state index >= 15 is 0 Å². The van der Waals surface area contributed by atoms with Gasteiger partial charge in [-0.15, -0.1) is 4.91 Å². The van der Waals surface area contributed by atoms with Gasteiger partial charge < -0.3 is 4.84 Å². The Morgan fingerprint density at radius 2 is 2.13 bits per heavy atom. The number of hydrogen-bond acceptors (Lipinski definition) is 4. The minimum atomic E-state index is 0.0235. The first-order valence-electron chi connectivity index (χ1n) is 5.28. The van der Waals surface area contributed by atoms with Crippen molar-refractivity contribution in [3.8, 4) is 0 Å². The van der Waals surface area contributed by atoms with Crippen LogP contribution < -0.4 is 0 Å². The molecule has 1 aromatic rings. The van der Waals surface area contributed by atoms with Gasteiger partial charge in [-0.1, -0.05) is 6.07 Å². The third-order valence-corrected chi connectivity index (χ3v) is 3.02. The zero-order valence-corrected chi connectivity index (χ0v) is 8.50. The number of pyridine rings is 1. The fraction of sp³-hybridized carbons (Fsp3) is 0.545. The maximum Gasteiger partial charge on any atom is 0.155 e. The molecule has 0 bridgehead atoms. The van der Waals surface area contributed by atoms with Crippen LogP contribution in [0.5, 0.6) is 0 Å². The molecule has 0 N–H and O–H groups in total. The van der Waals surface area contributed by atoms with Crippen LogP contribution in [0.3, 0.4) is 0 Å². The van der Waals surface area contributed by atoms with Gasteiger partial charge in [0.2, 0.25) is 0 Å². The summed E-state index contributed by atoms with van der Waals surface area (Å²) in [6.07, 6.45) is 7.64. The Kier molecular flexibility index (Phi) is 3.27. The molecule has 0 aliphatic heterocycles. The maximum atomic E-state index is 9.94. The molecule has 1 aliphatic rings. The smallest absolute Gasteiger partial charge is 0.155 e. The van der Waals surface area contributed by atoms with Crippen molar-refractivity contribution < 1.29 is 4.84 Å². The van der Waals surface area contributed by atoms with E-state index in [4.69, 9.17) is 4.84 Å². The monoisotopic (exact) mass is 206 g/mol. The summed E-state index contributed by atoms with van der Waals surface area (Å²) in [7, 11) is 0. The molecular weight excluding hydrogens is 192 g/mol. The molecule has 0 saturated heterocycles. The Labute approximate surface area is 88.6 Å². The third kappa shape index (κ3) is 2.52. The van der Waals surface area contributed by atoms with Crippen LogP contribution in [-0.4, -0.2) is 11.1 Å². The number of nitrogens with zero attached hydrogens (tertiary/aromatic N) is 2. The van der Waals surface area contributed by atoms with Gasteiger partial charge in [0.05, 0.1) is 0 Å². The summed E-state index contributed by atoms with van der Waals surface area (Å²) in [5, 5.41) is 2.49. The minimum Gasteiger partial charge on any atom is -0.361 e. The fourth-order valence-corrected chi connectivity index (χ4v) is 2.18. The highest BCUT2D eigenvalue weighted by Crippen LogP contribution is 2.33. The second-order valence-electron chi connectivity index (χ2n) is 3.94. The summed E-state index contributed by atoms with van der Waals surface area (Å²) >= 11 is 0. The predicted molar refractivity (Wildman–Crippen MR) is 56.1 cm³/mol. The first kappa shape index (κ1) is 10.1. The van der Waals surface area contributed by atoms with Gasteiger partial charge in [0.25, 0.3) is 0 Å². The van der Waals surface area contributed by atoms with Crippen LogP contribution in [0.1, 0.15) is 37.2 Å². The summed E-state index contributed by atoms with van der Waals surface area (Å²) in [6, 6.07) is 4.07. The van der Waals surface area contributed by atoms with Crippen LogP contribution in [0.4, 0.5) is 0 Å². The Morgan fingerprint density at radius 3 is 2.73 bits per heavy atom. The van der Waals surface area contributed by atoms with E-state index in [0.717, 1.165) is 25.7 Å². The van der Waals surface area contributed by atoms with Crippen molar-refractivity contribution in [3.63, 3.8) is 0 Å². The summed E-state index contributed by atoms with van der Waals surface area (Å²) in [5.41, 5.74) is 1.29. The van der Waals surface area contributed by atoms with Gasteiger partial charge in [0.1, 0.15) is 6.10 Å². The van der Waals surface area contributed by atoms with Gasteiger partial charge in [0.15, 0.2) is 5.34 Å². The number of hydrogen-bond donors (Lipinski definition) is 0. The van der Waals surface area contributed by atoms with E-state index in [-0.39, 0.29) is 6.10 Å². The van der Waals surface area contributed by atoms with Crippen LogP contribution in [0, 0.1) is 4.91 Å². The molecule has 80 valence electrons.